The Morgan fingerprint density at radius 1 is 1.39 bits per heavy atom. The van der Waals surface area contributed by atoms with Crippen molar-refractivity contribution in [3.8, 4) is 11.1 Å². The van der Waals surface area contributed by atoms with E-state index >= 15 is 0 Å². The van der Waals surface area contributed by atoms with Gasteiger partial charge < -0.3 is 0 Å². The summed E-state index contributed by atoms with van der Waals surface area (Å²) in [7, 11) is 2.20. The number of fused-ring (bicyclic) bond motifs is 1. The van der Waals surface area contributed by atoms with Crippen LogP contribution in [0.1, 0.15) is 29.8 Å². The number of H-pyrrole nitrogens is 1. The predicted molar refractivity (Wildman–Crippen MR) is 73.5 cm³/mol. The third-order valence-corrected chi connectivity index (χ3v) is 4.13. The number of likely N-dealkylation sites (N-methyl/N-ethyl adjacent to an activating group) is 1. The molecule has 0 amide bonds. The van der Waals surface area contributed by atoms with Crippen molar-refractivity contribution in [1.82, 2.24) is 15.1 Å². The number of hydrogen-bond donors (Lipinski definition) is 1. The average Bonchev–Trinajstić information content (AvgIpc) is 2.80. The largest absolute Gasteiger partial charge is 0.299 e. The predicted octanol–water partition coefficient (Wildman–Crippen LogP) is 2.93. The summed E-state index contributed by atoms with van der Waals surface area (Å²) in [5, 5.41) is 7.12. The number of nitrogens with one attached hydrogen (secondary N) is 1. The average molecular weight is 241 g/mol. The number of rotatable bonds is 1. The topological polar surface area (TPSA) is 31.9 Å². The zero-order valence-corrected chi connectivity index (χ0v) is 11.2. The van der Waals surface area contributed by atoms with E-state index in [4.69, 9.17) is 0 Å². The number of hydrogen-bond acceptors (Lipinski definition) is 2. The molecule has 0 saturated carbocycles. The van der Waals surface area contributed by atoms with Gasteiger partial charge in [-0.3, -0.25) is 10.00 Å². The van der Waals surface area contributed by atoms with Crippen LogP contribution in [0.4, 0.5) is 0 Å². The summed E-state index contributed by atoms with van der Waals surface area (Å²) in [4.78, 5) is 2.41. The van der Waals surface area contributed by atoms with Crippen LogP contribution >= 0.6 is 0 Å². The van der Waals surface area contributed by atoms with Crippen LogP contribution in [-0.4, -0.2) is 28.7 Å². The molecule has 3 nitrogen and oxygen atoms in total. The molecule has 2 heterocycles. The van der Waals surface area contributed by atoms with Crippen LogP contribution < -0.4 is 0 Å². The van der Waals surface area contributed by atoms with Crippen LogP contribution in [0, 0.1) is 6.92 Å². The number of aromatic nitrogens is 2. The third kappa shape index (κ3) is 1.75. The van der Waals surface area contributed by atoms with Crippen LogP contribution in [0.2, 0.25) is 0 Å². The third-order valence-electron chi connectivity index (χ3n) is 4.13. The lowest BCUT2D eigenvalue weighted by molar-refractivity contribution is 0.247. The van der Waals surface area contributed by atoms with Gasteiger partial charge in [0.15, 0.2) is 0 Å². The molecule has 0 fully saturated rings. The second-order valence-electron chi connectivity index (χ2n) is 5.23. The van der Waals surface area contributed by atoms with Gasteiger partial charge >= 0.3 is 0 Å². The van der Waals surface area contributed by atoms with E-state index < -0.39 is 0 Å². The zero-order valence-electron chi connectivity index (χ0n) is 11.2. The molecule has 0 bridgehead atoms. The first kappa shape index (κ1) is 11.5. The van der Waals surface area contributed by atoms with E-state index in [2.05, 4.69) is 54.2 Å². The Balaban J connectivity index is 2.08. The van der Waals surface area contributed by atoms with E-state index in [0.717, 1.165) is 18.7 Å². The zero-order chi connectivity index (χ0) is 12.7. The van der Waals surface area contributed by atoms with Crippen molar-refractivity contribution in [3.05, 3.63) is 41.2 Å². The Labute approximate surface area is 108 Å². The summed E-state index contributed by atoms with van der Waals surface area (Å²) in [5.41, 5.74) is 6.56. The van der Waals surface area contributed by atoms with Gasteiger partial charge in [-0.25, -0.2) is 0 Å². The first-order valence-corrected chi connectivity index (χ1v) is 6.50. The summed E-state index contributed by atoms with van der Waals surface area (Å²) in [5.74, 6) is 0. The quantitative estimate of drug-likeness (QED) is 0.832. The summed E-state index contributed by atoms with van der Waals surface area (Å²) in [6.45, 7) is 5.50. The molecule has 1 unspecified atom stereocenters. The first-order chi connectivity index (χ1) is 8.66. The smallest absolute Gasteiger partial charge is 0.0568 e. The van der Waals surface area contributed by atoms with Crippen molar-refractivity contribution in [1.29, 1.82) is 0 Å². The van der Waals surface area contributed by atoms with E-state index in [1.54, 1.807) is 0 Å². The molecule has 94 valence electrons. The fourth-order valence-electron chi connectivity index (χ4n) is 2.75. The van der Waals surface area contributed by atoms with Gasteiger partial charge in [0.2, 0.25) is 0 Å². The van der Waals surface area contributed by atoms with E-state index in [0.29, 0.717) is 6.04 Å². The van der Waals surface area contributed by atoms with E-state index in [1.165, 1.54) is 22.3 Å². The van der Waals surface area contributed by atoms with Crippen molar-refractivity contribution in [3.63, 3.8) is 0 Å². The number of benzene rings is 1. The maximum atomic E-state index is 4.11. The SMILES string of the molecule is Cc1[nH]ncc1-c1ccc2c(c1)C(C)N(C)CC2. The van der Waals surface area contributed by atoms with Gasteiger partial charge in [-0.05, 0) is 50.1 Å². The summed E-state index contributed by atoms with van der Waals surface area (Å²) in [6, 6.07) is 7.32. The highest BCUT2D eigenvalue weighted by molar-refractivity contribution is 5.66. The Morgan fingerprint density at radius 3 is 2.94 bits per heavy atom. The van der Waals surface area contributed by atoms with Crippen molar-refractivity contribution < 1.29 is 0 Å². The second-order valence-corrected chi connectivity index (χ2v) is 5.23. The van der Waals surface area contributed by atoms with Crippen molar-refractivity contribution in [2.45, 2.75) is 26.3 Å². The highest BCUT2D eigenvalue weighted by Gasteiger charge is 2.21. The molecular formula is C15H19N3. The number of nitrogens with zero attached hydrogens (tertiary/aromatic N) is 2. The van der Waals surface area contributed by atoms with E-state index in [-0.39, 0.29) is 0 Å². The molecule has 18 heavy (non-hydrogen) atoms. The second kappa shape index (κ2) is 4.25. The molecule has 1 aliphatic heterocycles. The first-order valence-electron chi connectivity index (χ1n) is 6.50. The maximum Gasteiger partial charge on any atom is 0.0568 e. The Morgan fingerprint density at radius 2 is 2.22 bits per heavy atom. The van der Waals surface area contributed by atoms with E-state index in [9.17, 15) is 0 Å². The molecule has 1 N–H and O–H groups in total. The van der Waals surface area contributed by atoms with Crippen molar-refractivity contribution >= 4 is 0 Å². The van der Waals surface area contributed by atoms with Gasteiger partial charge in [0.05, 0.1) is 6.20 Å². The molecule has 1 aliphatic rings. The van der Waals surface area contributed by atoms with Crippen LogP contribution in [0.15, 0.2) is 24.4 Å². The Bertz CT molecular complexity index is 571. The highest BCUT2D eigenvalue weighted by Crippen LogP contribution is 2.32. The molecular weight excluding hydrogens is 222 g/mol. The lowest BCUT2D eigenvalue weighted by Crippen LogP contribution is -2.30. The molecule has 3 heteroatoms. The minimum atomic E-state index is 0.501. The summed E-state index contributed by atoms with van der Waals surface area (Å²) < 4.78 is 0. The van der Waals surface area contributed by atoms with Crippen LogP contribution in [0.5, 0.6) is 0 Å². The molecule has 0 radical (unpaired) electrons. The van der Waals surface area contributed by atoms with Crippen molar-refractivity contribution in [2.24, 2.45) is 0 Å². The Kier molecular flexibility index (Phi) is 2.71. The van der Waals surface area contributed by atoms with Crippen LogP contribution in [0.3, 0.4) is 0 Å². The molecule has 1 aromatic heterocycles. The van der Waals surface area contributed by atoms with Gasteiger partial charge in [-0.1, -0.05) is 12.1 Å². The maximum absolute atomic E-state index is 4.11. The monoisotopic (exact) mass is 241 g/mol. The number of aromatic amines is 1. The molecule has 2 aromatic rings. The van der Waals surface area contributed by atoms with Crippen LogP contribution in [-0.2, 0) is 6.42 Å². The van der Waals surface area contributed by atoms with Gasteiger partial charge in [0.25, 0.3) is 0 Å². The van der Waals surface area contributed by atoms with Gasteiger partial charge in [0, 0.05) is 23.8 Å². The fourth-order valence-corrected chi connectivity index (χ4v) is 2.75. The number of aryl methyl sites for hydroxylation is 1. The molecule has 1 aromatic carbocycles. The van der Waals surface area contributed by atoms with Crippen LogP contribution in [0.25, 0.3) is 11.1 Å². The highest BCUT2D eigenvalue weighted by atomic mass is 15.1. The van der Waals surface area contributed by atoms with E-state index in [1.807, 2.05) is 6.20 Å². The fraction of sp³-hybridized carbons (Fsp3) is 0.400. The standard InChI is InChI=1S/C15H19N3/c1-10-15(9-16-17-10)13-5-4-12-6-7-18(3)11(2)14(12)8-13/h4-5,8-9,11H,6-7H2,1-3H3,(H,16,17). The molecule has 0 saturated heterocycles. The summed E-state index contributed by atoms with van der Waals surface area (Å²) in [6.07, 6.45) is 3.06. The van der Waals surface area contributed by atoms with Crippen molar-refractivity contribution in [2.75, 3.05) is 13.6 Å². The lowest BCUT2D eigenvalue weighted by atomic mass is 9.91. The van der Waals surface area contributed by atoms with Gasteiger partial charge in [0.1, 0.15) is 0 Å². The molecule has 3 rings (SSSR count). The minimum Gasteiger partial charge on any atom is -0.299 e. The molecule has 0 aliphatic carbocycles. The van der Waals surface area contributed by atoms with Gasteiger partial charge in [-0.15, -0.1) is 0 Å². The van der Waals surface area contributed by atoms with Gasteiger partial charge in [-0.2, -0.15) is 5.10 Å². The normalized spacial score (nSPS) is 19.8. The Hall–Kier alpha value is -1.61. The molecule has 0 spiro atoms. The molecule has 1 atom stereocenters. The summed E-state index contributed by atoms with van der Waals surface area (Å²) >= 11 is 0. The minimum absolute atomic E-state index is 0.501. The lowest BCUT2D eigenvalue weighted by Gasteiger charge is -2.32.